The molecule has 48 heavy (non-hydrogen) atoms. The Morgan fingerprint density at radius 1 is 0.979 bits per heavy atom. The van der Waals surface area contributed by atoms with Crippen LogP contribution in [0.1, 0.15) is 115 Å². The number of rotatable bonds is 4. The van der Waals surface area contributed by atoms with Gasteiger partial charge >= 0.3 is 6.09 Å². The fourth-order valence-corrected chi connectivity index (χ4v) is 7.89. The number of aromatic amines is 1. The molecule has 1 unspecified atom stereocenters. The summed E-state index contributed by atoms with van der Waals surface area (Å²) in [5, 5.41) is 0. The van der Waals surface area contributed by atoms with Crippen molar-refractivity contribution in [1.29, 1.82) is 0 Å². The van der Waals surface area contributed by atoms with E-state index in [9.17, 15) is 9.59 Å². The van der Waals surface area contributed by atoms with Crippen LogP contribution in [0.4, 0.5) is 4.79 Å². The van der Waals surface area contributed by atoms with Crippen molar-refractivity contribution >= 4 is 34.3 Å². The number of benzene rings is 2. The van der Waals surface area contributed by atoms with Crippen LogP contribution in [0.2, 0.25) is 0 Å². The number of allylic oxidation sites excluding steroid dienone is 1. The standard InChI is InChI=1S/C40H47N5O3/c1-39(2,3)23-35(46)45-30-17-16-28(21-30)36(45)33-22-29(24-41-33)27-14-11-25(12-15-27)9-10-26-13-18-31-32(20-26)43-37(42-31)34-8-7-19-44(34)38(47)48-40(4,5)6/h11-15,18,20,24,28,30,34,36H,7-8,16-17,19,21-23H2,1-6H3,(H,42,43)/t28-,30+,34-,36?/m0/s1. The van der Waals surface area contributed by atoms with Crippen LogP contribution in [0.5, 0.6) is 0 Å². The highest BCUT2D eigenvalue weighted by Crippen LogP contribution is 2.46. The highest BCUT2D eigenvalue weighted by atomic mass is 16.6. The Balaban J connectivity index is 1.000. The van der Waals surface area contributed by atoms with Crippen LogP contribution in [-0.4, -0.2) is 61.7 Å². The average molecular weight is 646 g/mol. The van der Waals surface area contributed by atoms with Crippen molar-refractivity contribution in [3.63, 3.8) is 0 Å². The van der Waals surface area contributed by atoms with Crippen LogP contribution < -0.4 is 0 Å². The summed E-state index contributed by atoms with van der Waals surface area (Å²) >= 11 is 0. The third-order valence-corrected chi connectivity index (χ3v) is 9.96. The molecule has 7 rings (SSSR count). The Bertz CT molecular complexity index is 1860. The summed E-state index contributed by atoms with van der Waals surface area (Å²) in [6, 6.07) is 14.8. The minimum atomic E-state index is -0.538. The van der Waals surface area contributed by atoms with Gasteiger partial charge in [0.05, 0.1) is 23.1 Å². The first kappa shape index (κ1) is 32.2. The number of ether oxygens (including phenoxy) is 1. The van der Waals surface area contributed by atoms with E-state index in [4.69, 9.17) is 14.7 Å². The smallest absolute Gasteiger partial charge is 0.410 e. The van der Waals surface area contributed by atoms with Crippen molar-refractivity contribution in [2.24, 2.45) is 16.3 Å². The molecule has 0 radical (unpaired) electrons. The quantitative estimate of drug-likeness (QED) is 0.291. The summed E-state index contributed by atoms with van der Waals surface area (Å²) in [5.74, 6) is 8.22. The van der Waals surface area contributed by atoms with E-state index < -0.39 is 5.60 Å². The number of aromatic nitrogens is 2. The number of H-pyrrole nitrogens is 1. The van der Waals surface area contributed by atoms with Crippen molar-refractivity contribution in [2.45, 2.75) is 110 Å². The highest BCUT2D eigenvalue weighted by Gasteiger charge is 2.50. The summed E-state index contributed by atoms with van der Waals surface area (Å²) < 4.78 is 5.64. The topological polar surface area (TPSA) is 90.9 Å². The zero-order valence-corrected chi connectivity index (χ0v) is 29.1. The number of amides is 2. The van der Waals surface area contributed by atoms with Gasteiger partial charge in [-0.25, -0.2) is 9.78 Å². The van der Waals surface area contributed by atoms with Gasteiger partial charge in [-0.3, -0.25) is 14.7 Å². The Labute approximate surface area is 284 Å². The van der Waals surface area contributed by atoms with Gasteiger partial charge in [0.25, 0.3) is 0 Å². The lowest BCUT2D eigenvalue weighted by molar-refractivity contribution is -0.136. The normalized spacial score (nSPS) is 23.7. The summed E-state index contributed by atoms with van der Waals surface area (Å²) in [4.78, 5) is 43.3. The van der Waals surface area contributed by atoms with Gasteiger partial charge in [-0.1, -0.05) is 44.7 Å². The lowest BCUT2D eigenvalue weighted by Gasteiger charge is -2.37. The molecule has 2 bridgehead atoms. The zero-order valence-electron chi connectivity index (χ0n) is 29.1. The minimum absolute atomic E-state index is 0.0213. The third kappa shape index (κ3) is 6.65. The molecular weight excluding hydrogens is 598 g/mol. The second-order valence-corrected chi connectivity index (χ2v) is 16.2. The molecule has 1 aromatic heterocycles. The van der Waals surface area contributed by atoms with E-state index in [2.05, 4.69) is 66.8 Å². The predicted molar refractivity (Wildman–Crippen MR) is 189 cm³/mol. The molecule has 1 N–H and O–H groups in total. The minimum Gasteiger partial charge on any atom is -0.444 e. The number of fused-ring (bicyclic) bond motifs is 3. The number of nitrogens with one attached hydrogen (secondary N) is 1. The van der Waals surface area contributed by atoms with Gasteiger partial charge in [-0.05, 0) is 106 Å². The Kier molecular flexibility index (Phi) is 8.22. The summed E-state index contributed by atoms with van der Waals surface area (Å²) in [6.07, 6.45) is 8.27. The van der Waals surface area contributed by atoms with Gasteiger partial charge in [0.2, 0.25) is 5.91 Å². The molecule has 2 amide bonds. The second kappa shape index (κ2) is 12.3. The third-order valence-electron chi connectivity index (χ3n) is 9.96. The summed E-state index contributed by atoms with van der Waals surface area (Å²) in [7, 11) is 0. The van der Waals surface area contributed by atoms with Crippen LogP contribution in [0.25, 0.3) is 16.6 Å². The van der Waals surface area contributed by atoms with E-state index in [0.717, 1.165) is 71.4 Å². The van der Waals surface area contributed by atoms with Crippen LogP contribution in [0, 0.1) is 23.2 Å². The van der Waals surface area contributed by atoms with E-state index in [1.54, 1.807) is 4.90 Å². The number of hydrogen-bond acceptors (Lipinski definition) is 5. The monoisotopic (exact) mass is 645 g/mol. The number of likely N-dealkylation sites (tertiary alicyclic amines) is 2. The maximum Gasteiger partial charge on any atom is 0.410 e. The number of aliphatic imine (C=N–C) groups is 1. The maximum atomic E-state index is 13.4. The predicted octanol–water partition coefficient (Wildman–Crippen LogP) is 8.04. The molecular formula is C40H47N5O3. The zero-order chi connectivity index (χ0) is 33.8. The molecule has 250 valence electrons. The lowest BCUT2D eigenvalue weighted by atomic mass is 9.88. The van der Waals surface area contributed by atoms with Crippen LogP contribution in [0.15, 0.2) is 53.7 Å². The molecule has 8 heteroatoms. The number of nitrogens with zero attached hydrogens (tertiary/aromatic N) is 4. The van der Waals surface area contributed by atoms with E-state index in [1.807, 2.05) is 45.2 Å². The van der Waals surface area contributed by atoms with E-state index in [-0.39, 0.29) is 29.5 Å². The van der Waals surface area contributed by atoms with E-state index >= 15 is 0 Å². The van der Waals surface area contributed by atoms with Crippen molar-refractivity contribution < 1.29 is 14.3 Å². The van der Waals surface area contributed by atoms with Gasteiger partial charge in [0, 0.05) is 48.5 Å². The molecule has 1 aliphatic carbocycles. The molecule has 4 aliphatic rings. The van der Waals surface area contributed by atoms with Crippen molar-refractivity contribution in [3.8, 4) is 11.8 Å². The van der Waals surface area contributed by atoms with Crippen molar-refractivity contribution in [2.75, 3.05) is 6.54 Å². The van der Waals surface area contributed by atoms with Gasteiger partial charge in [-0.15, -0.1) is 0 Å². The first-order valence-electron chi connectivity index (χ1n) is 17.5. The van der Waals surface area contributed by atoms with Crippen LogP contribution in [0.3, 0.4) is 0 Å². The van der Waals surface area contributed by atoms with Crippen LogP contribution >= 0.6 is 0 Å². The van der Waals surface area contributed by atoms with E-state index in [0.29, 0.717) is 24.9 Å². The first-order chi connectivity index (χ1) is 22.8. The fraction of sp³-hybridized carbons (Fsp3) is 0.500. The number of piperidine rings is 1. The molecule has 3 aliphatic heterocycles. The average Bonchev–Trinajstić information content (AvgIpc) is 3.85. The SMILES string of the molecule is CC(C)(C)CC(=O)N1C(C2=NC=C(c3ccc(C#Cc4ccc5nc([C@@H]6CCCN6C(=O)OC(C)(C)C)[nH]c5c4)cc3)C2)[C@H]2CC[C@@H]1C2. The van der Waals surface area contributed by atoms with Gasteiger partial charge in [0.1, 0.15) is 11.4 Å². The lowest BCUT2D eigenvalue weighted by Crippen LogP contribution is -2.49. The van der Waals surface area contributed by atoms with Crippen molar-refractivity contribution in [3.05, 3.63) is 71.2 Å². The molecule has 4 heterocycles. The molecule has 4 atom stereocenters. The summed E-state index contributed by atoms with van der Waals surface area (Å²) in [6.45, 7) is 12.7. The number of imidazole rings is 1. The van der Waals surface area contributed by atoms with Gasteiger partial charge < -0.3 is 14.6 Å². The number of hydrogen-bond donors (Lipinski definition) is 1. The largest absolute Gasteiger partial charge is 0.444 e. The highest BCUT2D eigenvalue weighted by molar-refractivity contribution is 6.03. The Morgan fingerprint density at radius 3 is 2.48 bits per heavy atom. The molecule has 3 fully saturated rings. The second-order valence-electron chi connectivity index (χ2n) is 16.2. The van der Waals surface area contributed by atoms with Gasteiger partial charge in [0.15, 0.2) is 0 Å². The molecule has 2 aromatic carbocycles. The molecule has 1 saturated carbocycles. The summed E-state index contributed by atoms with van der Waals surface area (Å²) in [5.41, 5.74) is 6.52. The Hall–Kier alpha value is -4.38. The molecule has 8 nitrogen and oxygen atoms in total. The van der Waals surface area contributed by atoms with Crippen LogP contribution in [-0.2, 0) is 9.53 Å². The Morgan fingerprint density at radius 2 is 1.73 bits per heavy atom. The fourth-order valence-electron chi connectivity index (χ4n) is 7.89. The van der Waals surface area contributed by atoms with E-state index in [1.165, 1.54) is 12.0 Å². The molecule has 2 saturated heterocycles. The molecule has 0 spiro atoms. The maximum absolute atomic E-state index is 13.4. The number of carbonyl (C=O) groups excluding carboxylic acids is 2. The molecule has 3 aromatic rings. The number of carbonyl (C=O) groups is 2. The first-order valence-corrected chi connectivity index (χ1v) is 17.5. The van der Waals surface area contributed by atoms with Crippen molar-refractivity contribution in [1.82, 2.24) is 19.8 Å². The van der Waals surface area contributed by atoms with Gasteiger partial charge in [-0.2, -0.15) is 0 Å².